The maximum atomic E-state index is 10.8. The molecule has 3 N–H and O–H groups in total. The Morgan fingerprint density at radius 1 is 1.47 bits per heavy atom. The van der Waals surface area contributed by atoms with Gasteiger partial charge in [-0.15, -0.1) is 0 Å². The largest absolute Gasteiger partial charge is 0.478 e. The molecule has 0 bridgehead atoms. The minimum Gasteiger partial charge on any atom is -0.478 e. The second-order valence-electron chi connectivity index (χ2n) is 5.83. The lowest BCUT2D eigenvalue weighted by atomic mass is 9.64. The summed E-state index contributed by atoms with van der Waals surface area (Å²) in [5.74, 6) is -1.01. The van der Waals surface area contributed by atoms with Crippen LogP contribution in [0.2, 0.25) is 0 Å². The van der Waals surface area contributed by atoms with Gasteiger partial charge in [-0.25, -0.2) is 4.79 Å². The second-order valence-corrected chi connectivity index (χ2v) is 5.83. The number of hydrogen-bond donors (Lipinski definition) is 3. The molecule has 0 aromatic heterocycles. The summed E-state index contributed by atoms with van der Waals surface area (Å²) >= 11 is 0. The number of aliphatic carboxylic acids is 1. The number of hydrogen-bond acceptors (Lipinski definition) is 3. The van der Waals surface area contributed by atoms with E-state index in [1.807, 2.05) is 13.8 Å². The van der Waals surface area contributed by atoms with Crippen molar-refractivity contribution in [1.29, 1.82) is 0 Å². The summed E-state index contributed by atoms with van der Waals surface area (Å²) in [6.45, 7) is 7.20. The Kier molecular flexibility index (Phi) is 4.38. The SMILES string of the molecule is CC(C=C[C@]1(O)C(C)=C[C@@H](O)CC1(C)C)=CC(=O)O. The first kappa shape index (κ1) is 15.7. The third-order valence-electron chi connectivity index (χ3n) is 3.73. The van der Waals surface area contributed by atoms with Gasteiger partial charge in [-0.3, -0.25) is 0 Å². The maximum absolute atomic E-state index is 10.8. The molecule has 0 fully saturated rings. The highest BCUT2D eigenvalue weighted by atomic mass is 16.4. The van der Waals surface area contributed by atoms with Crippen molar-refractivity contribution in [3.05, 3.63) is 35.5 Å². The van der Waals surface area contributed by atoms with E-state index >= 15 is 0 Å². The summed E-state index contributed by atoms with van der Waals surface area (Å²) in [6, 6.07) is 0. The number of rotatable bonds is 3. The molecule has 106 valence electrons. The molecule has 0 amide bonds. The highest BCUT2D eigenvalue weighted by molar-refractivity contribution is 5.81. The Bertz CT molecular complexity index is 457. The van der Waals surface area contributed by atoms with Gasteiger partial charge in [0.05, 0.1) is 6.10 Å². The van der Waals surface area contributed by atoms with Crippen LogP contribution in [0.1, 0.15) is 34.1 Å². The lowest BCUT2D eigenvalue weighted by Gasteiger charge is -2.46. The minimum atomic E-state index is -1.18. The zero-order valence-electron chi connectivity index (χ0n) is 11.8. The minimum absolute atomic E-state index is 0.451. The lowest BCUT2D eigenvalue weighted by molar-refractivity contribution is -0.131. The molecule has 19 heavy (non-hydrogen) atoms. The van der Waals surface area contributed by atoms with Crippen molar-refractivity contribution in [2.75, 3.05) is 0 Å². The van der Waals surface area contributed by atoms with Crippen LogP contribution in [0.3, 0.4) is 0 Å². The van der Waals surface area contributed by atoms with Crippen molar-refractivity contribution in [1.82, 2.24) is 0 Å². The quantitative estimate of drug-likeness (QED) is 0.415. The molecule has 1 aliphatic carbocycles. The smallest absolute Gasteiger partial charge is 0.328 e. The Balaban J connectivity index is 3.12. The highest BCUT2D eigenvalue weighted by Crippen LogP contribution is 2.45. The molecule has 1 rings (SSSR count). The van der Waals surface area contributed by atoms with Crippen LogP contribution in [-0.4, -0.2) is 33.0 Å². The van der Waals surface area contributed by atoms with Gasteiger partial charge in [0, 0.05) is 11.5 Å². The van der Waals surface area contributed by atoms with E-state index in [0.717, 1.165) is 6.08 Å². The van der Waals surface area contributed by atoms with Crippen LogP contribution in [-0.2, 0) is 4.79 Å². The van der Waals surface area contributed by atoms with E-state index in [1.165, 1.54) is 0 Å². The topological polar surface area (TPSA) is 77.8 Å². The number of carboxylic acid groups (broad SMARTS) is 1. The van der Waals surface area contributed by atoms with Crippen LogP contribution in [0.5, 0.6) is 0 Å². The number of aliphatic hydroxyl groups is 2. The Morgan fingerprint density at radius 3 is 2.53 bits per heavy atom. The fraction of sp³-hybridized carbons (Fsp3) is 0.533. The molecule has 0 unspecified atom stereocenters. The van der Waals surface area contributed by atoms with Gasteiger partial charge in [0.15, 0.2) is 0 Å². The molecule has 0 saturated heterocycles. The average molecular weight is 266 g/mol. The number of allylic oxidation sites excluding steroid dienone is 2. The van der Waals surface area contributed by atoms with E-state index in [2.05, 4.69) is 0 Å². The third kappa shape index (κ3) is 3.33. The number of carbonyl (C=O) groups is 1. The van der Waals surface area contributed by atoms with Gasteiger partial charge in [0.1, 0.15) is 5.60 Å². The first-order valence-corrected chi connectivity index (χ1v) is 6.28. The van der Waals surface area contributed by atoms with Crippen LogP contribution in [0, 0.1) is 5.41 Å². The van der Waals surface area contributed by atoms with E-state index in [1.54, 1.807) is 32.1 Å². The predicted molar refractivity (Wildman–Crippen MR) is 73.6 cm³/mol. The fourth-order valence-electron chi connectivity index (χ4n) is 2.54. The molecule has 0 aliphatic heterocycles. The lowest BCUT2D eigenvalue weighted by Crippen LogP contribution is -2.48. The molecule has 2 atom stereocenters. The van der Waals surface area contributed by atoms with Crippen LogP contribution >= 0.6 is 0 Å². The average Bonchev–Trinajstić information content (AvgIpc) is 2.21. The van der Waals surface area contributed by atoms with E-state index in [-0.39, 0.29) is 0 Å². The van der Waals surface area contributed by atoms with Gasteiger partial charge < -0.3 is 15.3 Å². The predicted octanol–water partition coefficient (Wildman–Crippen LogP) is 2.04. The molecule has 0 spiro atoms. The monoisotopic (exact) mass is 266 g/mol. The molecular weight excluding hydrogens is 244 g/mol. The van der Waals surface area contributed by atoms with Crippen LogP contribution in [0.15, 0.2) is 35.5 Å². The van der Waals surface area contributed by atoms with Gasteiger partial charge in [0.2, 0.25) is 0 Å². The number of aliphatic hydroxyl groups excluding tert-OH is 1. The zero-order chi connectivity index (χ0) is 14.8. The molecule has 4 heteroatoms. The van der Waals surface area contributed by atoms with Gasteiger partial charge in [-0.1, -0.05) is 26.0 Å². The van der Waals surface area contributed by atoms with Crippen molar-refractivity contribution in [2.45, 2.75) is 45.8 Å². The van der Waals surface area contributed by atoms with E-state index in [0.29, 0.717) is 17.6 Å². The van der Waals surface area contributed by atoms with E-state index in [4.69, 9.17) is 5.11 Å². The molecule has 0 saturated carbocycles. The summed E-state index contributed by atoms with van der Waals surface area (Å²) in [4.78, 5) is 10.6. The maximum Gasteiger partial charge on any atom is 0.328 e. The molecular formula is C15H22O4. The molecule has 1 aliphatic rings. The van der Waals surface area contributed by atoms with Gasteiger partial charge >= 0.3 is 5.97 Å². The highest BCUT2D eigenvalue weighted by Gasteiger charge is 2.46. The number of carboxylic acids is 1. The van der Waals surface area contributed by atoms with Crippen molar-refractivity contribution < 1.29 is 20.1 Å². The van der Waals surface area contributed by atoms with Crippen LogP contribution < -0.4 is 0 Å². The van der Waals surface area contributed by atoms with Crippen LogP contribution in [0.25, 0.3) is 0 Å². The fourth-order valence-corrected chi connectivity index (χ4v) is 2.54. The summed E-state index contributed by atoms with van der Waals surface area (Å²) in [7, 11) is 0. The summed E-state index contributed by atoms with van der Waals surface area (Å²) in [6.07, 6.45) is 5.84. The van der Waals surface area contributed by atoms with Crippen molar-refractivity contribution in [2.24, 2.45) is 5.41 Å². The summed E-state index contributed by atoms with van der Waals surface area (Å²) < 4.78 is 0. The normalized spacial score (nSPS) is 31.4. The molecule has 4 nitrogen and oxygen atoms in total. The first-order chi connectivity index (χ1) is 8.58. The van der Waals surface area contributed by atoms with E-state index in [9.17, 15) is 15.0 Å². The van der Waals surface area contributed by atoms with Gasteiger partial charge in [-0.2, -0.15) is 0 Å². The summed E-state index contributed by atoms with van der Waals surface area (Å²) in [5.41, 5.74) is -0.475. The van der Waals surface area contributed by atoms with Crippen molar-refractivity contribution >= 4 is 5.97 Å². The van der Waals surface area contributed by atoms with Crippen molar-refractivity contribution in [3.8, 4) is 0 Å². The van der Waals surface area contributed by atoms with E-state index < -0.39 is 23.1 Å². The summed E-state index contributed by atoms with van der Waals surface area (Å²) in [5, 5.41) is 29.2. The third-order valence-corrected chi connectivity index (χ3v) is 3.73. The van der Waals surface area contributed by atoms with Crippen LogP contribution in [0.4, 0.5) is 0 Å². The Morgan fingerprint density at radius 2 is 2.05 bits per heavy atom. The molecule has 0 radical (unpaired) electrons. The van der Waals surface area contributed by atoms with Gasteiger partial charge in [0.25, 0.3) is 0 Å². The van der Waals surface area contributed by atoms with Crippen molar-refractivity contribution in [3.63, 3.8) is 0 Å². The molecule has 0 heterocycles. The second kappa shape index (κ2) is 5.31. The molecule has 0 aromatic rings. The van der Waals surface area contributed by atoms with Gasteiger partial charge in [-0.05, 0) is 37.5 Å². The standard InChI is InChI=1S/C15H22O4/c1-10(7-13(17)18)5-6-15(19)11(2)8-12(16)9-14(15,3)4/h5-8,12,16,19H,9H2,1-4H3,(H,17,18)/t12-,15+/m1/s1. The Labute approximate surface area is 113 Å². The zero-order valence-corrected chi connectivity index (χ0v) is 11.8. The Hall–Kier alpha value is -1.39. The first-order valence-electron chi connectivity index (χ1n) is 6.28. The molecule has 0 aromatic carbocycles.